The number of methoxy groups -OCH3 is 1. The molecule has 2 heterocycles. The number of hydrogen-bond donors (Lipinski definition) is 0. The topological polar surface area (TPSA) is 52.1 Å². The molecule has 2 aromatic heterocycles. The number of hydrogen-bond acceptors (Lipinski definition) is 4. The number of pyridine rings is 2. The van der Waals surface area contributed by atoms with E-state index in [0.29, 0.717) is 10.0 Å². The van der Waals surface area contributed by atoms with Gasteiger partial charge in [0.25, 0.3) is 0 Å². The molecule has 34 heavy (non-hydrogen) atoms. The molecular weight excluding hydrogens is 538 g/mol. The molecule has 178 valence electrons. The van der Waals surface area contributed by atoms with E-state index in [2.05, 4.69) is 14.7 Å². The largest absolute Gasteiger partial charge is 0.469 e. The highest BCUT2D eigenvalue weighted by Gasteiger charge is 2.23. The third-order valence-corrected chi connectivity index (χ3v) is 6.15. The van der Waals surface area contributed by atoms with Crippen molar-refractivity contribution in [2.45, 2.75) is 30.5 Å². The number of esters is 1. The zero-order valence-corrected chi connectivity index (χ0v) is 22.4. The highest BCUT2D eigenvalue weighted by Crippen LogP contribution is 2.36. The molecule has 0 saturated heterocycles. The molecule has 0 aliphatic heterocycles. The fourth-order valence-electron chi connectivity index (χ4n) is 3.45. The van der Waals surface area contributed by atoms with Crippen molar-refractivity contribution in [3.05, 3.63) is 81.1 Å². The van der Waals surface area contributed by atoms with E-state index in [1.54, 1.807) is 24.5 Å². The molecule has 4 aromatic rings. The summed E-state index contributed by atoms with van der Waals surface area (Å²) in [6.45, 7) is 3.92. The monoisotopic (exact) mass is 556 g/mol. The zero-order chi connectivity index (χ0) is 25.0. The summed E-state index contributed by atoms with van der Waals surface area (Å²) in [4.78, 5) is 20.0. The molecule has 0 bridgehead atoms. The predicted octanol–water partition coefficient (Wildman–Crippen LogP) is 8.02. The van der Waals surface area contributed by atoms with E-state index < -0.39 is 3.79 Å². The summed E-state index contributed by atoms with van der Waals surface area (Å²) in [5, 5.41) is 3.00. The minimum Gasteiger partial charge on any atom is -0.469 e. The summed E-state index contributed by atoms with van der Waals surface area (Å²) in [6.07, 6.45) is 4.02. The smallest absolute Gasteiger partial charge is 0.310 e. The van der Waals surface area contributed by atoms with Crippen molar-refractivity contribution in [2.75, 3.05) is 7.11 Å². The molecule has 0 unspecified atom stereocenters. The average molecular weight is 559 g/mol. The number of fused-ring (bicyclic) bond motifs is 2. The van der Waals surface area contributed by atoms with E-state index in [1.807, 2.05) is 38.1 Å². The predicted molar refractivity (Wildman–Crippen MR) is 143 cm³/mol. The number of aromatic nitrogens is 2. The third-order valence-electron chi connectivity index (χ3n) is 5.04. The summed E-state index contributed by atoms with van der Waals surface area (Å²) in [5.74, 6) is -0.305. The molecular formula is C25H21Cl5N2O2. The van der Waals surface area contributed by atoms with Gasteiger partial charge in [-0.3, -0.25) is 14.8 Å². The summed E-state index contributed by atoms with van der Waals surface area (Å²) in [5.41, 5.74) is 5.35. The van der Waals surface area contributed by atoms with Crippen molar-refractivity contribution in [1.29, 1.82) is 0 Å². The maximum absolute atomic E-state index is 11.4. The number of rotatable bonds is 3. The highest BCUT2D eigenvalue weighted by molar-refractivity contribution is 6.67. The van der Waals surface area contributed by atoms with Crippen LogP contribution in [-0.4, -0.2) is 26.8 Å². The normalized spacial score (nSPS) is 11.3. The molecule has 0 aliphatic carbocycles. The summed E-state index contributed by atoms with van der Waals surface area (Å²) in [7, 11) is 1.37. The first kappa shape index (κ1) is 26.8. The molecule has 0 atom stereocenters. The number of nitrogens with zero attached hydrogens (tertiary/aromatic N) is 2. The lowest BCUT2D eigenvalue weighted by Gasteiger charge is -2.14. The van der Waals surface area contributed by atoms with Crippen LogP contribution in [0, 0.1) is 13.8 Å². The van der Waals surface area contributed by atoms with Gasteiger partial charge in [-0.2, -0.15) is 0 Å². The Bertz CT molecular complexity index is 1340. The molecule has 0 aliphatic rings. The fraction of sp³-hybridized carbons (Fsp3) is 0.240. The summed E-state index contributed by atoms with van der Waals surface area (Å²) >= 11 is 29.8. The van der Waals surface area contributed by atoms with Gasteiger partial charge in [0, 0.05) is 39.6 Å². The highest BCUT2D eigenvalue weighted by atomic mass is 35.6. The van der Waals surface area contributed by atoms with Crippen LogP contribution in [0.1, 0.15) is 22.3 Å². The lowest BCUT2D eigenvalue weighted by atomic mass is 10.0. The van der Waals surface area contributed by atoms with Gasteiger partial charge in [0.05, 0.1) is 24.6 Å². The molecule has 0 fully saturated rings. The van der Waals surface area contributed by atoms with Crippen LogP contribution in [0.2, 0.25) is 10.0 Å². The number of ether oxygens (including phenoxy) is 1. The van der Waals surface area contributed by atoms with Crippen molar-refractivity contribution >= 4 is 85.8 Å². The van der Waals surface area contributed by atoms with Gasteiger partial charge in [0.15, 0.2) is 3.79 Å². The van der Waals surface area contributed by atoms with Gasteiger partial charge in [0.1, 0.15) is 0 Å². The van der Waals surface area contributed by atoms with Gasteiger partial charge in [-0.05, 0) is 72.5 Å². The SMILES string of the molecule is COC(=O)Cc1c(Cl)ccc2ncc(C)cc12.Cc1cnc2ccc(Cl)c(CC(Cl)(Cl)Cl)c2c1. The molecule has 0 saturated carbocycles. The molecule has 0 N–H and O–H groups in total. The molecule has 2 aromatic carbocycles. The number of benzene rings is 2. The van der Waals surface area contributed by atoms with Crippen LogP contribution in [-0.2, 0) is 22.4 Å². The van der Waals surface area contributed by atoms with Crippen LogP contribution < -0.4 is 0 Å². The zero-order valence-electron chi connectivity index (χ0n) is 18.6. The second-order valence-electron chi connectivity index (χ2n) is 7.76. The second kappa shape index (κ2) is 11.3. The molecule has 9 heteroatoms. The van der Waals surface area contributed by atoms with Gasteiger partial charge in [0.2, 0.25) is 0 Å². The third kappa shape index (κ3) is 6.87. The Balaban J connectivity index is 0.000000191. The van der Waals surface area contributed by atoms with E-state index in [9.17, 15) is 4.79 Å². The quantitative estimate of drug-likeness (QED) is 0.189. The fourth-order valence-corrected chi connectivity index (χ4v) is 4.31. The van der Waals surface area contributed by atoms with Crippen LogP contribution in [0.4, 0.5) is 0 Å². The minimum atomic E-state index is -1.36. The maximum atomic E-state index is 11.4. The lowest BCUT2D eigenvalue weighted by Crippen LogP contribution is -2.08. The lowest BCUT2D eigenvalue weighted by molar-refractivity contribution is -0.139. The number of carbonyl (C=O) groups excluding carboxylic acids is 1. The van der Waals surface area contributed by atoms with Crippen molar-refractivity contribution in [3.8, 4) is 0 Å². The van der Waals surface area contributed by atoms with Crippen LogP contribution >= 0.6 is 58.0 Å². The first-order valence-electron chi connectivity index (χ1n) is 10.2. The van der Waals surface area contributed by atoms with Gasteiger partial charge < -0.3 is 4.74 Å². The Hall–Kier alpha value is -1.82. The van der Waals surface area contributed by atoms with Gasteiger partial charge >= 0.3 is 5.97 Å². The van der Waals surface area contributed by atoms with Crippen molar-refractivity contribution in [2.24, 2.45) is 0 Å². The Morgan fingerprint density at radius 3 is 1.79 bits per heavy atom. The molecule has 4 nitrogen and oxygen atoms in total. The maximum Gasteiger partial charge on any atom is 0.310 e. The number of halogens is 5. The number of aryl methyl sites for hydroxylation is 2. The second-order valence-corrected chi connectivity index (χ2v) is 11.1. The Morgan fingerprint density at radius 1 is 0.853 bits per heavy atom. The standard InChI is InChI=1S/C13H12ClNO2.C12H9Cl4N/c1-8-5-10-9(6-13(16)17-2)11(14)3-4-12(10)15-7-8;1-7-4-8-9(5-12(14,15)16)10(13)2-3-11(8)17-6-7/h3-5,7H,6H2,1-2H3;2-4,6H,5H2,1H3. The Kier molecular flexibility index (Phi) is 8.88. The van der Waals surface area contributed by atoms with Crippen LogP contribution in [0.5, 0.6) is 0 Å². The summed E-state index contributed by atoms with van der Waals surface area (Å²) < 4.78 is 3.31. The molecule has 0 radical (unpaired) electrons. The van der Waals surface area contributed by atoms with Crippen LogP contribution in [0.15, 0.2) is 48.8 Å². The van der Waals surface area contributed by atoms with Gasteiger partial charge in [-0.15, -0.1) is 0 Å². The van der Waals surface area contributed by atoms with E-state index in [-0.39, 0.29) is 18.8 Å². The van der Waals surface area contributed by atoms with Gasteiger partial charge in [-0.25, -0.2) is 0 Å². The Labute approximate surface area is 223 Å². The van der Waals surface area contributed by atoms with E-state index >= 15 is 0 Å². The number of alkyl halides is 3. The van der Waals surface area contributed by atoms with E-state index in [1.165, 1.54) is 7.11 Å². The first-order valence-corrected chi connectivity index (χ1v) is 12.1. The minimum absolute atomic E-state index is 0.164. The molecule has 0 amide bonds. The van der Waals surface area contributed by atoms with Crippen molar-refractivity contribution < 1.29 is 9.53 Å². The summed E-state index contributed by atoms with van der Waals surface area (Å²) in [6, 6.07) is 11.2. The van der Waals surface area contributed by atoms with Gasteiger partial charge in [-0.1, -0.05) is 58.0 Å². The first-order chi connectivity index (χ1) is 16.0. The van der Waals surface area contributed by atoms with Crippen molar-refractivity contribution in [3.63, 3.8) is 0 Å². The molecule has 0 spiro atoms. The average Bonchev–Trinajstić information content (AvgIpc) is 2.77. The Morgan fingerprint density at radius 2 is 1.32 bits per heavy atom. The van der Waals surface area contributed by atoms with E-state index in [4.69, 9.17) is 58.0 Å². The molecule has 4 rings (SSSR count). The number of carbonyl (C=O) groups is 1. The van der Waals surface area contributed by atoms with Crippen LogP contribution in [0.3, 0.4) is 0 Å². The van der Waals surface area contributed by atoms with E-state index in [0.717, 1.165) is 44.1 Å². The van der Waals surface area contributed by atoms with Crippen LogP contribution in [0.25, 0.3) is 21.8 Å². The van der Waals surface area contributed by atoms with Crippen molar-refractivity contribution in [1.82, 2.24) is 9.97 Å².